The molecule has 1 fully saturated rings. The van der Waals surface area contributed by atoms with Gasteiger partial charge in [0.15, 0.2) is 18.4 Å². The molecule has 2 N–H and O–H groups in total. The predicted octanol–water partition coefficient (Wildman–Crippen LogP) is 1.54. The van der Waals surface area contributed by atoms with E-state index in [9.17, 15) is 14.4 Å². The van der Waals surface area contributed by atoms with Crippen molar-refractivity contribution in [3.63, 3.8) is 0 Å². The molecule has 1 saturated carbocycles. The summed E-state index contributed by atoms with van der Waals surface area (Å²) in [7, 11) is -0.386. The Morgan fingerprint density at radius 1 is 1.25 bits per heavy atom. The Morgan fingerprint density at radius 2 is 1.95 bits per heavy atom. The Bertz CT molecular complexity index is 447. The maximum Gasteiger partial charge on any atom is 0.491 e. The van der Waals surface area contributed by atoms with Crippen LogP contribution in [0.15, 0.2) is 12.1 Å². The van der Waals surface area contributed by atoms with Crippen LogP contribution in [0.2, 0.25) is 0 Å². The van der Waals surface area contributed by atoms with Crippen LogP contribution in [0.3, 0.4) is 0 Å². The van der Waals surface area contributed by atoms with Crippen LogP contribution in [-0.2, 0) is 4.74 Å². The molecule has 0 bridgehead atoms. The Hall–Kier alpha value is -1.11. The predicted molar refractivity (Wildman–Crippen MR) is 74.6 cm³/mol. The monoisotopic (exact) mass is 282 g/mol. The van der Waals surface area contributed by atoms with Crippen molar-refractivity contribution in [2.75, 3.05) is 13.9 Å². The van der Waals surface area contributed by atoms with Crippen LogP contribution in [0.5, 0.6) is 5.75 Å². The number of ether oxygens (including phenoxy) is 2. The molecule has 4 nitrogen and oxygen atoms in total. The first-order valence-electron chi connectivity index (χ1n) is 6.95. The van der Waals surface area contributed by atoms with Crippen molar-refractivity contribution in [1.82, 2.24) is 0 Å². The van der Waals surface area contributed by atoms with E-state index < -0.39 is 12.9 Å². The lowest BCUT2D eigenvalue weighted by Crippen LogP contribution is -2.33. The van der Waals surface area contributed by atoms with Gasteiger partial charge in [0.05, 0.1) is 0 Å². The molecule has 6 heteroatoms. The molecule has 1 aromatic rings. The second-order valence-electron chi connectivity index (χ2n) is 5.15. The molecule has 0 amide bonds. The molecule has 0 spiro atoms. The summed E-state index contributed by atoms with van der Waals surface area (Å²) in [6, 6.07) is 3.16. The zero-order chi connectivity index (χ0) is 14.5. The van der Waals surface area contributed by atoms with Gasteiger partial charge in [-0.3, -0.25) is 0 Å². The van der Waals surface area contributed by atoms with Gasteiger partial charge >= 0.3 is 7.12 Å². The van der Waals surface area contributed by atoms with Crippen LogP contribution in [-0.4, -0.2) is 31.1 Å². The summed E-state index contributed by atoms with van der Waals surface area (Å²) in [6.07, 6.45) is 5.47. The fourth-order valence-electron chi connectivity index (χ4n) is 2.79. The summed E-state index contributed by atoms with van der Waals surface area (Å²) in [5.74, 6) is -0.362. The van der Waals surface area contributed by atoms with Crippen molar-refractivity contribution in [2.45, 2.75) is 38.0 Å². The molecule has 1 aliphatic carbocycles. The van der Waals surface area contributed by atoms with Gasteiger partial charge < -0.3 is 19.5 Å². The summed E-state index contributed by atoms with van der Waals surface area (Å²) in [4.78, 5) is 0. The van der Waals surface area contributed by atoms with E-state index in [0.717, 1.165) is 31.2 Å². The summed E-state index contributed by atoms with van der Waals surface area (Å²) in [5.41, 5.74) is 0.624. The minimum Gasteiger partial charge on any atom is -0.464 e. The van der Waals surface area contributed by atoms with E-state index in [1.165, 1.54) is 19.6 Å². The number of benzene rings is 1. The summed E-state index contributed by atoms with van der Waals surface area (Å²) in [6.45, 7) is -0.0678. The second-order valence-corrected chi connectivity index (χ2v) is 5.15. The van der Waals surface area contributed by atoms with Crippen LogP contribution in [0.25, 0.3) is 0 Å². The maximum atomic E-state index is 14.4. The van der Waals surface area contributed by atoms with Crippen LogP contribution in [0.1, 0.15) is 43.6 Å². The summed E-state index contributed by atoms with van der Waals surface area (Å²) < 4.78 is 24.5. The van der Waals surface area contributed by atoms with Crippen molar-refractivity contribution < 1.29 is 23.9 Å². The van der Waals surface area contributed by atoms with Gasteiger partial charge in [0.2, 0.25) is 0 Å². The van der Waals surface area contributed by atoms with Crippen LogP contribution >= 0.6 is 0 Å². The number of hydrogen-bond donors (Lipinski definition) is 2. The molecule has 0 saturated heterocycles. The quantitative estimate of drug-likeness (QED) is 0.635. The van der Waals surface area contributed by atoms with E-state index in [1.807, 2.05) is 0 Å². The smallest absolute Gasteiger partial charge is 0.464 e. The van der Waals surface area contributed by atoms with Gasteiger partial charge in [-0.2, -0.15) is 0 Å². The molecule has 2 rings (SSSR count). The minimum absolute atomic E-state index is 0.0678. The van der Waals surface area contributed by atoms with E-state index in [1.54, 1.807) is 6.07 Å². The summed E-state index contributed by atoms with van der Waals surface area (Å²) in [5, 5.41) is 18.4. The zero-order valence-electron chi connectivity index (χ0n) is 11.6. The van der Waals surface area contributed by atoms with Crippen molar-refractivity contribution in [2.24, 2.45) is 0 Å². The number of rotatable bonds is 5. The average Bonchev–Trinajstić information content (AvgIpc) is 2.46. The molecule has 0 atom stereocenters. The first-order chi connectivity index (χ1) is 9.65. The molecule has 0 aromatic heterocycles. The van der Waals surface area contributed by atoms with Crippen molar-refractivity contribution in [3.05, 3.63) is 23.5 Å². The van der Waals surface area contributed by atoms with Crippen LogP contribution in [0.4, 0.5) is 4.39 Å². The molecule has 0 unspecified atom stereocenters. The Labute approximate surface area is 118 Å². The molecule has 1 aromatic carbocycles. The highest BCUT2D eigenvalue weighted by atomic mass is 19.1. The third-order valence-electron chi connectivity index (χ3n) is 3.80. The highest BCUT2D eigenvalue weighted by Crippen LogP contribution is 2.38. The van der Waals surface area contributed by atoms with Gasteiger partial charge in [-0.05, 0) is 18.8 Å². The Morgan fingerprint density at radius 3 is 2.55 bits per heavy atom. The van der Waals surface area contributed by atoms with Gasteiger partial charge in [-0.25, -0.2) is 4.39 Å². The Kier molecular flexibility index (Phi) is 5.40. The second kappa shape index (κ2) is 7.06. The average molecular weight is 282 g/mol. The zero-order valence-corrected chi connectivity index (χ0v) is 11.6. The number of methoxy groups -OCH3 is 1. The van der Waals surface area contributed by atoms with E-state index in [0.29, 0.717) is 0 Å². The van der Waals surface area contributed by atoms with E-state index in [4.69, 9.17) is 9.47 Å². The topological polar surface area (TPSA) is 58.9 Å². The largest absolute Gasteiger partial charge is 0.491 e. The van der Waals surface area contributed by atoms with Crippen molar-refractivity contribution in [1.29, 1.82) is 0 Å². The van der Waals surface area contributed by atoms with Crippen LogP contribution in [0, 0.1) is 5.82 Å². The molecular formula is C14H20BFO4. The normalized spacial score (nSPS) is 16.2. The lowest BCUT2D eigenvalue weighted by Gasteiger charge is -2.25. The molecule has 0 heterocycles. The molecular weight excluding hydrogens is 262 g/mol. The third-order valence-corrected chi connectivity index (χ3v) is 3.80. The van der Waals surface area contributed by atoms with Gasteiger partial charge in [-0.1, -0.05) is 31.4 Å². The van der Waals surface area contributed by atoms with Gasteiger partial charge in [0.1, 0.15) is 0 Å². The van der Waals surface area contributed by atoms with E-state index in [-0.39, 0.29) is 23.9 Å². The highest BCUT2D eigenvalue weighted by Gasteiger charge is 2.26. The number of halogens is 1. The fourth-order valence-corrected chi connectivity index (χ4v) is 2.79. The molecule has 0 aliphatic heterocycles. The van der Waals surface area contributed by atoms with Gasteiger partial charge in [-0.15, -0.1) is 0 Å². The van der Waals surface area contributed by atoms with E-state index >= 15 is 0 Å². The standard InChI is InChI=1S/C14H20BFO4/c1-19-9-20-14-11(10-5-3-2-4-6-10)7-8-12(13(14)16)15(17)18/h7-8,10,17-18H,2-6,9H2,1H3. The maximum absolute atomic E-state index is 14.4. The SMILES string of the molecule is COCOc1c(C2CCCCC2)ccc(B(O)O)c1F. The van der Waals surface area contributed by atoms with Gasteiger partial charge in [0.25, 0.3) is 0 Å². The van der Waals surface area contributed by atoms with Crippen LogP contribution < -0.4 is 10.2 Å². The minimum atomic E-state index is -1.85. The number of hydrogen-bond acceptors (Lipinski definition) is 4. The van der Waals surface area contributed by atoms with E-state index in [2.05, 4.69) is 0 Å². The van der Waals surface area contributed by atoms with Crippen molar-refractivity contribution in [3.8, 4) is 5.75 Å². The third kappa shape index (κ3) is 3.31. The first-order valence-corrected chi connectivity index (χ1v) is 6.95. The molecule has 0 radical (unpaired) electrons. The molecule has 20 heavy (non-hydrogen) atoms. The fraction of sp³-hybridized carbons (Fsp3) is 0.571. The molecule has 110 valence electrons. The van der Waals surface area contributed by atoms with Gasteiger partial charge in [0, 0.05) is 18.1 Å². The lowest BCUT2D eigenvalue weighted by atomic mass is 9.77. The highest BCUT2D eigenvalue weighted by molar-refractivity contribution is 6.58. The van der Waals surface area contributed by atoms with Crippen molar-refractivity contribution >= 4 is 12.6 Å². The lowest BCUT2D eigenvalue weighted by molar-refractivity contribution is 0.0472. The molecule has 1 aliphatic rings. The Balaban J connectivity index is 2.36. The summed E-state index contributed by atoms with van der Waals surface area (Å²) >= 11 is 0. The first kappa shape index (κ1) is 15.3.